The maximum absolute atomic E-state index is 13.2. The number of hydrogen-bond donors (Lipinski definition) is 2. The van der Waals surface area contributed by atoms with Crippen LogP contribution in [0.1, 0.15) is 52.4 Å². The number of allylic oxidation sites excluding steroid dienone is 2. The van der Waals surface area contributed by atoms with Gasteiger partial charge in [0.1, 0.15) is 5.57 Å². The monoisotopic (exact) mass is 418 g/mol. The molecule has 0 radical (unpaired) electrons. The molecule has 0 bridgehead atoms. The van der Waals surface area contributed by atoms with E-state index in [0.29, 0.717) is 31.1 Å². The highest BCUT2D eigenvalue weighted by molar-refractivity contribution is 6.28. The number of nitrogens with one attached hydrogen (secondary N) is 1. The summed E-state index contributed by atoms with van der Waals surface area (Å²) in [6.07, 6.45) is 6.70. The smallest absolute Gasteiger partial charge is 0.331 e. The first-order valence-electron chi connectivity index (χ1n) is 11.0. The molecule has 2 saturated carbocycles. The third-order valence-electron chi connectivity index (χ3n) is 7.25. The Kier molecular flexibility index (Phi) is 7.14. The number of imide groups is 2. The molecular formula is C23H34N2O5. The second kappa shape index (κ2) is 9.43. The number of aliphatic hydroxyl groups excluding tert-OH is 1. The number of barbiturate groups is 1. The van der Waals surface area contributed by atoms with Crippen LogP contribution in [0.3, 0.4) is 0 Å². The fourth-order valence-corrected chi connectivity index (χ4v) is 5.20. The molecule has 1 saturated heterocycles. The van der Waals surface area contributed by atoms with E-state index in [1.807, 2.05) is 0 Å². The minimum atomic E-state index is -0.640. The van der Waals surface area contributed by atoms with Crippen molar-refractivity contribution in [1.82, 2.24) is 10.2 Å². The molecule has 2 aliphatic carbocycles. The van der Waals surface area contributed by atoms with Crippen LogP contribution < -0.4 is 5.32 Å². The van der Waals surface area contributed by atoms with Gasteiger partial charge in [0.2, 0.25) is 0 Å². The Labute approximate surface area is 178 Å². The molecule has 4 amide bonds. The van der Waals surface area contributed by atoms with E-state index in [0.717, 1.165) is 19.3 Å². The second-order valence-electron chi connectivity index (χ2n) is 9.22. The summed E-state index contributed by atoms with van der Waals surface area (Å²) in [4.78, 5) is 39.5. The van der Waals surface area contributed by atoms with Crippen molar-refractivity contribution in [1.29, 1.82) is 0 Å². The number of methoxy groups -OCH3 is 1. The molecule has 3 rings (SSSR count). The molecule has 0 aromatic heterocycles. The third-order valence-corrected chi connectivity index (χ3v) is 7.25. The van der Waals surface area contributed by atoms with Crippen molar-refractivity contribution in [2.24, 2.45) is 23.7 Å². The Bertz CT molecular complexity index is 733. The van der Waals surface area contributed by atoms with Gasteiger partial charge in [-0.25, -0.2) is 4.79 Å². The number of carbonyl (C=O) groups excluding carboxylic acids is 3. The number of aliphatic hydroxyl groups is 1. The lowest BCUT2D eigenvalue weighted by Gasteiger charge is -2.40. The SMILES string of the molecule is C=CCC1CC(/C=C2\C(=O)NC(=O)N(C3CCC(C)C(C)C3)C2=O)CC(OC)C1O. The lowest BCUT2D eigenvalue weighted by atomic mass is 9.75. The Morgan fingerprint density at radius 1 is 1.17 bits per heavy atom. The van der Waals surface area contributed by atoms with Crippen LogP contribution in [0.4, 0.5) is 4.79 Å². The van der Waals surface area contributed by atoms with Gasteiger partial charge in [0.05, 0.1) is 12.2 Å². The van der Waals surface area contributed by atoms with Gasteiger partial charge in [0.25, 0.3) is 11.8 Å². The Morgan fingerprint density at radius 3 is 2.53 bits per heavy atom. The van der Waals surface area contributed by atoms with Crippen molar-refractivity contribution in [3.63, 3.8) is 0 Å². The van der Waals surface area contributed by atoms with Crippen LogP contribution in [0.25, 0.3) is 0 Å². The van der Waals surface area contributed by atoms with Gasteiger partial charge in [-0.1, -0.05) is 26.0 Å². The molecule has 0 aromatic carbocycles. The zero-order valence-electron chi connectivity index (χ0n) is 18.2. The van der Waals surface area contributed by atoms with Crippen molar-refractivity contribution in [3.05, 3.63) is 24.3 Å². The number of urea groups is 1. The van der Waals surface area contributed by atoms with Gasteiger partial charge in [-0.3, -0.25) is 19.8 Å². The van der Waals surface area contributed by atoms with Gasteiger partial charge in [-0.15, -0.1) is 6.58 Å². The summed E-state index contributed by atoms with van der Waals surface area (Å²) < 4.78 is 5.44. The fourth-order valence-electron chi connectivity index (χ4n) is 5.20. The van der Waals surface area contributed by atoms with E-state index in [2.05, 4.69) is 25.7 Å². The number of carbonyl (C=O) groups is 3. The molecule has 7 nitrogen and oxygen atoms in total. The van der Waals surface area contributed by atoms with E-state index in [1.165, 1.54) is 4.90 Å². The van der Waals surface area contributed by atoms with Crippen molar-refractivity contribution in [3.8, 4) is 0 Å². The van der Waals surface area contributed by atoms with E-state index < -0.39 is 23.9 Å². The molecular weight excluding hydrogens is 384 g/mol. The molecule has 1 aliphatic heterocycles. The Hall–Kier alpha value is -1.99. The molecule has 7 unspecified atom stereocenters. The van der Waals surface area contributed by atoms with Gasteiger partial charge in [-0.2, -0.15) is 0 Å². The van der Waals surface area contributed by atoms with Crippen molar-refractivity contribution >= 4 is 17.8 Å². The van der Waals surface area contributed by atoms with Crippen molar-refractivity contribution in [2.45, 2.75) is 70.6 Å². The highest BCUT2D eigenvalue weighted by Crippen LogP contribution is 2.36. The fraction of sp³-hybridized carbons (Fsp3) is 0.696. The number of ether oxygens (including phenoxy) is 1. The topological polar surface area (TPSA) is 95.9 Å². The van der Waals surface area contributed by atoms with Crippen LogP contribution in [-0.4, -0.2) is 53.2 Å². The average molecular weight is 419 g/mol. The summed E-state index contributed by atoms with van der Waals surface area (Å²) in [5.41, 5.74) is 0.0227. The zero-order chi connectivity index (χ0) is 22.0. The molecule has 2 N–H and O–H groups in total. The highest BCUT2D eigenvalue weighted by Gasteiger charge is 2.43. The summed E-state index contributed by atoms with van der Waals surface area (Å²) in [6.45, 7) is 8.09. The van der Waals surface area contributed by atoms with Crippen LogP contribution >= 0.6 is 0 Å². The molecule has 0 spiro atoms. The van der Waals surface area contributed by atoms with Crippen LogP contribution in [-0.2, 0) is 14.3 Å². The summed E-state index contributed by atoms with van der Waals surface area (Å²) in [6, 6.07) is -0.805. The minimum absolute atomic E-state index is 0.0227. The van der Waals surface area contributed by atoms with Gasteiger partial charge in [0.15, 0.2) is 0 Å². The molecule has 166 valence electrons. The lowest BCUT2D eigenvalue weighted by Crippen LogP contribution is -2.58. The predicted molar refractivity (Wildman–Crippen MR) is 112 cm³/mol. The van der Waals surface area contributed by atoms with Crippen molar-refractivity contribution < 1.29 is 24.2 Å². The molecule has 30 heavy (non-hydrogen) atoms. The first kappa shape index (κ1) is 22.7. The van der Waals surface area contributed by atoms with Gasteiger partial charge in [-0.05, 0) is 62.2 Å². The third kappa shape index (κ3) is 4.52. The maximum atomic E-state index is 13.2. The minimum Gasteiger partial charge on any atom is -0.390 e. The number of rotatable bonds is 5. The van der Waals surface area contributed by atoms with Gasteiger partial charge < -0.3 is 9.84 Å². The van der Waals surface area contributed by atoms with Crippen LogP contribution in [0.2, 0.25) is 0 Å². The predicted octanol–water partition coefficient (Wildman–Crippen LogP) is 2.79. The normalized spacial score (nSPS) is 39.2. The van der Waals surface area contributed by atoms with Gasteiger partial charge >= 0.3 is 6.03 Å². The molecule has 1 heterocycles. The maximum Gasteiger partial charge on any atom is 0.331 e. The van der Waals surface area contributed by atoms with Crippen LogP contribution in [0, 0.1) is 23.7 Å². The molecule has 0 aromatic rings. The van der Waals surface area contributed by atoms with E-state index >= 15 is 0 Å². The quantitative estimate of drug-likeness (QED) is 0.407. The highest BCUT2D eigenvalue weighted by atomic mass is 16.5. The van der Waals surface area contributed by atoms with E-state index in [4.69, 9.17) is 4.74 Å². The number of hydrogen-bond acceptors (Lipinski definition) is 5. The molecule has 7 atom stereocenters. The van der Waals surface area contributed by atoms with E-state index in [9.17, 15) is 19.5 Å². The average Bonchev–Trinajstić information content (AvgIpc) is 2.70. The first-order chi connectivity index (χ1) is 14.3. The first-order valence-corrected chi connectivity index (χ1v) is 11.0. The lowest BCUT2D eigenvalue weighted by molar-refractivity contribution is -0.132. The van der Waals surface area contributed by atoms with E-state index in [1.54, 1.807) is 19.3 Å². The summed E-state index contributed by atoms with van der Waals surface area (Å²) in [7, 11) is 1.55. The summed E-state index contributed by atoms with van der Waals surface area (Å²) in [5.74, 6) is -0.329. The molecule has 3 fully saturated rings. The van der Waals surface area contributed by atoms with Crippen LogP contribution in [0.5, 0.6) is 0 Å². The largest absolute Gasteiger partial charge is 0.390 e. The molecule has 7 heteroatoms. The molecule has 3 aliphatic rings. The number of amides is 4. The van der Waals surface area contributed by atoms with Crippen molar-refractivity contribution in [2.75, 3.05) is 7.11 Å². The summed E-state index contributed by atoms with van der Waals surface area (Å²) >= 11 is 0. The Balaban J connectivity index is 1.82. The van der Waals surface area contributed by atoms with Gasteiger partial charge in [0, 0.05) is 13.2 Å². The van der Waals surface area contributed by atoms with Crippen LogP contribution in [0.15, 0.2) is 24.3 Å². The Morgan fingerprint density at radius 2 is 1.90 bits per heavy atom. The second-order valence-corrected chi connectivity index (χ2v) is 9.22. The standard InChI is InChI=1S/C23H34N2O5/c1-5-6-16-10-15(12-19(30-4)20(16)26)11-18-21(27)24-23(29)25(22(18)28)17-8-7-13(2)14(3)9-17/h5,11,13-17,19-20,26H,1,6-10,12H2,2-4H3,(H,24,27,29)/b18-11+. The number of nitrogens with zero attached hydrogens (tertiary/aromatic N) is 1. The zero-order valence-corrected chi connectivity index (χ0v) is 18.2. The summed E-state index contributed by atoms with van der Waals surface area (Å²) in [5, 5.41) is 12.8. The van der Waals surface area contributed by atoms with E-state index in [-0.39, 0.29) is 29.6 Å².